The van der Waals surface area contributed by atoms with Crippen LogP contribution in [0.25, 0.3) is 0 Å². The summed E-state index contributed by atoms with van der Waals surface area (Å²) in [4.78, 5) is 11.5. The van der Waals surface area contributed by atoms with E-state index in [1.165, 1.54) is 6.07 Å². The van der Waals surface area contributed by atoms with Crippen molar-refractivity contribution >= 4 is 17.7 Å². The van der Waals surface area contributed by atoms with Gasteiger partial charge in [-0.25, -0.2) is 9.18 Å². The Hall–Kier alpha value is -1.33. The Morgan fingerprint density at radius 1 is 1.43 bits per heavy atom. The number of ether oxygens (including phenoxy) is 1. The molecule has 118 valence electrons. The summed E-state index contributed by atoms with van der Waals surface area (Å²) < 4.78 is 18.7. The predicted octanol–water partition coefficient (Wildman–Crippen LogP) is 3.48. The Kier molecular flexibility index (Phi) is 6.42. The zero-order valence-electron chi connectivity index (χ0n) is 12.8. The average molecular weight is 317 g/mol. The number of carbonyl (C=O) groups excluding carboxylic acids is 1. The van der Waals surface area contributed by atoms with Crippen LogP contribution < -0.4 is 10.6 Å². The Bertz CT molecular complexity index is 489. The van der Waals surface area contributed by atoms with E-state index in [1.54, 1.807) is 32.9 Å². The summed E-state index contributed by atoms with van der Waals surface area (Å²) in [7, 11) is 0. The lowest BCUT2D eigenvalue weighted by molar-refractivity contribution is 0.0523. The first-order valence-electron chi connectivity index (χ1n) is 6.81. The van der Waals surface area contributed by atoms with E-state index in [4.69, 9.17) is 16.3 Å². The van der Waals surface area contributed by atoms with Gasteiger partial charge in [-0.1, -0.05) is 17.7 Å². The number of benzene rings is 1. The van der Waals surface area contributed by atoms with Gasteiger partial charge in [-0.3, -0.25) is 0 Å². The number of hydrogen-bond acceptors (Lipinski definition) is 3. The Morgan fingerprint density at radius 3 is 2.67 bits per heavy atom. The molecule has 0 saturated carbocycles. The molecule has 0 aliphatic heterocycles. The van der Waals surface area contributed by atoms with Crippen molar-refractivity contribution < 1.29 is 13.9 Å². The summed E-state index contributed by atoms with van der Waals surface area (Å²) in [6.45, 7) is 8.06. The van der Waals surface area contributed by atoms with Crippen molar-refractivity contribution in [3.63, 3.8) is 0 Å². The van der Waals surface area contributed by atoms with Crippen LogP contribution in [-0.4, -0.2) is 24.3 Å². The average Bonchev–Trinajstić information content (AvgIpc) is 2.33. The van der Waals surface area contributed by atoms with Gasteiger partial charge in [0.25, 0.3) is 0 Å². The van der Waals surface area contributed by atoms with E-state index in [0.29, 0.717) is 23.7 Å². The molecule has 0 heterocycles. The maximum absolute atomic E-state index is 13.6. The van der Waals surface area contributed by atoms with Crippen LogP contribution in [0.5, 0.6) is 0 Å². The number of rotatable bonds is 5. The second kappa shape index (κ2) is 7.61. The SMILES string of the molecule is CC(CNC(=O)OC(C)(C)C)NCc1ccc(Cl)cc1F. The summed E-state index contributed by atoms with van der Waals surface area (Å²) >= 11 is 5.70. The van der Waals surface area contributed by atoms with Crippen LogP contribution >= 0.6 is 11.6 Å². The molecule has 0 spiro atoms. The molecule has 21 heavy (non-hydrogen) atoms. The van der Waals surface area contributed by atoms with Crippen LogP contribution in [-0.2, 0) is 11.3 Å². The monoisotopic (exact) mass is 316 g/mol. The quantitative estimate of drug-likeness (QED) is 0.874. The van der Waals surface area contributed by atoms with Gasteiger partial charge in [0.2, 0.25) is 0 Å². The van der Waals surface area contributed by atoms with E-state index in [0.717, 1.165) is 0 Å². The lowest BCUT2D eigenvalue weighted by Crippen LogP contribution is -2.41. The highest BCUT2D eigenvalue weighted by molar-refractivity contribution is 6.30. The molecule has 0 saturated heterocycles. The highest BCUT2D eigenvalue weighted by Crippen LogP contribution is 2.14. The minimum atomic E-state index is -0.521. The normalized spacial score (nSPS) is 12.9. The van der Waals surface area contributed by atoms with E-state index < -0.39 is 11.7 Å². The molecule has 0 aromatic heterocycles. The summed E-state index contributed by atoms with van der Waals surface area (Å²) in [5.74, 6) is -0.345. The van der Waals surface area contributed by atoms with Gasteiger partial charge < -0.3 is 15.4 Å². The molecule has 0 aliphatic rings. The summed E-state index contributed by atoms with van der Waals surface area (Å²) in [5, 5.41) is 6.16. The van der Waals surface area contributed by atoms with Gasteiger partial charge >= 0.3 is 6.09 Å². The topological polar surface area (TPSA) is 50.4 Å². The first-order chi connectivity index (χ1) is 9.67. The fourth-order valence-corrected chi connectivity index (χ4v) is 1.73. The smallest absolute Gasteiger partial charge is 0.407 e. The number of amides is 1. The van der Waals surface area contributed by atoms with Crippen molar-refractivity contribution in [2.75, 3.05) is 6.54 Å². The first kappa shape index (κ1) is 17.7. The Morgan fingerprint density at radius 2 is 2.10 bits per heavy atom. The molecule has 1 atom stereocenters. The van der Waals surface area contributed by atoms with Gasteiger partial charge in [-0.05, 0) is 39.8 Å². The van der Waals surface area contributed by atoms with Gasteiger partial charge in [-0.15, -0.1) is 0 Å². The van der Waals surface area contributed by atoms with E-state index >= 15 is 0 Å². The van der Waals surface area contributed by atoms with E-state index in [-0.39, 0.29) is 11.9 Å². The first-order valence-corrected chi connectivity index (χ1v) is 7.19. The molecule has 6 heteroatoms. The molecule has 1 rings (SSSR count). The zero-order valence-corrected chi connectivity index (χ0v) is 13.6. The molecule has 1 aromatic carbocycles. The zero-order chi connectivity index (χ0) is 16.0. The lowest BCUT2D eigenvalue weighted by Gasteiger charge is -2.21. The van der Waals surface area contributed by atoms with Gasteiger partial charge in [-0.2, -0.15) is 0 Å². The number of nitrogens with one attached hydrogen (secondary N) is 2. The van der Waals surface area contributed by atoms with Crippen molar-refractivity contribution in [2.45, 2.75) is 45.9 Å². The van der Waals surface area contributed by atoms with Gasteiger partial charge in [0, 0.05) is 29.7 Å². The van der Waals surface area contributed by atoms with Crippen molar-refractivity contribution in [1.29, 1.82) is 0 Å². The molecule has 1 aromatic rings. The molecule has 2 N–H and O–H groups in total. The highest BCUT2D eigenvalue weighted by atomic mass is 35.5. The van der Waals surface area contributed by atoms with Crippen LogP contribution in [0.2, 0.25) is 5.02 Å². The van der Waals surface area contributed by atoms with Crippen molar-refractivity contribution in [3.8, 4) is 0 Å². The third kappa shape index (κ3) is 7.29. The third-order valence-corrected chi connectivity index (χ3v) is 2.84. The van der Waals surface area contributed by atoms with E-state index in [9.17, 15) is 9.18 Å². The highest BCUT2D eigenvalue weighted by Gasteiger charge is 2.16. The summed E-state index contributed by atoms with van der Waals surface area (Å²) in [6.07, 6.45) is -0.464. The predicted molar refractivity (Wildman–Crippen MR) is 81.9 cm³/mol. The minimum absolute atomic E-state index is 0.0207. The molecular formula is C15H22ClFN2O2. The molecule has 0 radical (unpaired) electrons. The summed E-state index contributed by atoms with van der Waals surface area (Å²) in [6, 6.07) is 4.54. The Labute approximate surface area is 130 Å². The standard InChI is InChI=1S/C15H22ClFN2O2/c1-10(8-19-14(20)21-15(2,3)4)18-9-11-5-6-12(16)7-13(11)17/h5-7,10,18H,8-9H2,1-4H3,(H,19,20). The molecule has 0 bridgehead atoms. The van der Waals surface area contributed by atoms with E-state index in [2.05, 4.69) is 10.6 Å². The van der Waals surface area contributed by atoms with Crippen LogP contribution in [0.1, 0.15) is 33.3 Å². The Balaban J connectivity index is 2.34. The number of carbonyl (C=O) groups is 1. The van der Waals surface area contributed by atoms with Gasteiger partial charge in [0.15, 0.2) is 0 Å². The van der Waals surface area contributed by atoms with Crippen LogP contribution in [0.15, 0.2) is 18.2 Å². The molecule has 1 unspecified atom stereocenters. The maximum atomic E-state index is 13.6. The van der Waals surface area contributed by atoms with Gasteiger partial charge in [0.05, 0.1) is 0 Å². The number of hydrogen-bond donors (Lipinski definition) is 2. The lowest BCUT2D eigenvalue weighted by atomic mass is 10.2. The number of halogens is 2. The molecular weight excluding hydrogens is 295 g/mol. The van der Waals surface area contributed by atoms with E-state index in [1.807, 2.05) is 6.92 Å². The fraction of sp³-hybridized carbons (Fsp3) is 0.533. The van der Waals surface area contributed by atoms with Gasteiger partial charge in [0.1, 0.15) is 11.4 Å². The molecule has 0 aliphatic carbocycles. The van der Waals surface area contributed by atoms with Crippen molar-refractivity contribution in [1.82, 2.24) is 10.6 Å². The van der Waals surface area contributed by atoms with Crippen LogP contribution in [0.3, 0.4) is 0 Å². The molecule has 0 fully saturated rings. The van der Waals surface area contributed by atoms with Crippen molar-refractivity contribution in [2.24, 2.45) is 0 Å². The second-order valence-corrected chi connectivity index (χ2v) is 6.34. The molecule has 4 nitrogen and oxygen atoms in total. The molecule has 1 amide bonds. The third-order valence-electron chi connectivity index (χ3n) is 2.61. The fourth-order valence-electron chi connectivity index (χ4n) is 1.57. The van der Waals surface area contributed by atoms with Crippen LogP contribution in [0, 0.1) is 5.82 Å². The maximum Gasteiger partial charge on any atom is 0.407 e. The second-order valence-electron chi connectivity index (χ2n) is 5.90. The number of alkyl carbamates (subject to hydrolysis) is 1. The minimum Gasteiger partial charge on any atom is -0.444 e. The largest absolute Gasteiger partial charge is 0.444 e. The summed E-state index contributed by atoms with van der Waals surface area (Å²) in [5.41, 5.74) is 0.0104. The van der Waals surface area contributed by atoms with Crippen molar-refractivity contribution in [3.05, 3.63) is 34.6 Å². The van der Waals surface area contributed by atoms with Crippen LogP contribution in [0.4, 0.5) is 9.18 Å².